The van der Waals surface area contributed by atoms with Crippen molar-refractivity contribution in [3.63, 3.8) is 0 Å². The fourth-order valence-electron chi connectivity index (χ4n) is 2.97. The monoisotopic (exact) mass is 313 g/mol. The van der Waals surface area contributed by atoms with Crippen LogP contribution in [0, 0.1) is 0 Å². The van der Waals surface area contributed by atoms with E-state index in [2.05, 4.69) is 29.5 Å². The van der Waals surface area contributed by atoms with Crippen LogP contribution in [0.5, 0.6) is 0 Å². The van der Waals surface area contributed by atoms with Crippen molar-refractivity contribution in [2.45, 2.75) is 51.5 Å². The minimum atomic E-state index is -0.237. The molecule has 6 heteroatoms. The first-order valence-corrected chi connectivity index (χ1v) is 8.18. The zero-order chi connectivity index (χ0) is 16.4. The fraction of sp³-hybridized carbons (Fsp3) is 0.471. The van der Waals surface area contributed by atoms with Gasteiger partial charge in [0.15, 0.2) is 11.5 Å². The van der Waals surface area contributed by atoms with Crippen LogP contribution in [0.4, 0.5) is 5.82 Å². The van der Waals surface area contributed by atoms with E-state index in [0.29, 0.717) is 5.92 Å². The number of nitrogens with two attached hydrogens (primary N) is 1. The Morgan fingerprint density at radius 3 is 2.52 bits per heavy atom. The Hall–Kier alpha value is -2.37. The molecule has 1 fully saturated rings. The molecular weight excluding hydrogens is 290 g/mol. The first-order chi connectivity index (χ1) is 11.1. The van der Waals surface area contributed by atoms with E-state index in [1.165, 1.54) is 10.2 Å². The van der Waals surface area contributed by atoms with Crippen LogP contribution in [0.25, 0.3) is 5.69 Å². The Morgan fingerprint density at radius 1 is 1.26 bits per heavy atom. The molecule has 1 aromatic heterocycles. The highest BCUT2D eigenvalue weighted by atomic mass is 16.2. The Bertz CT molecular complexity index is 684. The van der Waals surface area contributed by atoms with Gasteiger partial charge in [0.2, 0.25) is 0 Å². The molecule has 1 amide bonds. The summed E-state index contributed by atoms with van der Waals surface area (Å²) in [6.07, 6.45) is 4.37. The lowest BCUT2D eigenvalue weighted by molar-refractivity contribution is 0.0933. The Labute approximate surface area is 136 Å². The van der Waals surface area contributed by atoms with Crippen molar-refractivity contribution in [3.8, 4) is 5.69 Å². The molecule has 1 aliphatic carbocycles. The van der Waals surface area contributed by atoms with Gasteiger partial charge in [-0.25, -0.2) is 0 Å². The third kappa shape index (κ3) is 3.21. The van der Waals surface area contributed by atoms with Crippen LogP contribution in [-0.4, -0.2) is 26.9 Å². The van der Waals surface area contributed by atoms with Gasteiger partial charge in [0, 0.05) is 6.04 Å². The first kappa shape index (κ1) is 15.5. The van der Waals surface area contributed by atoms with Crippen LogP contribution in [0.2, 0.25) is 0 Å². The van der Waals surface area contributed by atoms with E-state index in [9.17, 15) is 4.79 Å². The summed E-state index contributed by atoms with van der Waals surface area (Å²) in [5, 5.41) is 11.0. The molecule has 0 saturated heterocycles. The maximum Gasteiger partial charge on any atom is 0.275 e. The second-order valence-corrected chi connectivity index (χ2v) is 6.44. The molecule has 0 atom stereocenters. The standard InChI is InChI=1S/C17H23N5O/c1-11(2)12-7-9-14(10-8-12)22-16(18)15(20-21-22)17(23)19-13-5-3-4-6-13/h7-11,13H,3-6,18H2,1-2H3,(H,19,23). The number of carbonyl (C=O) groups excluding carboxylic acids is 1. The third-order valence-electron chi connectivity index (χ3n) is 4.41. The van der Waals surface area contributed by atoms with Gasteiger partial charge in [0.25, 0.3) is 5.91 Å². The van der Waals surface area contributed by atoms with E-state index >= 15 is 0 Å². The van der Waals surface area contributed by atoms with Gasteiger partial charge in [0.1, 0.15) is 0 Å². The van der Waals surface area contributed by atoms with Crippen LogP contribution in [0.3, 0.4) is 0 Å². The molecule has 0 unspecified atom stereocenters. The van der Waals surface area contributed by atoms with Crippen molar-refractivity contribution in [1.82, 2.24) is 20.3 Å². The summed E-state index contributed by atoms with van der Waals surface area (Å²) in [4.78, 5) is 12.3. The summed E-state index contributed by atoms with van der Waals surface area (Å²) in [5.74, 6) is 0.502. The van der Waals surface area contributed by atoms with Gasteiger partial charge in [0.05, 0.1) is 5.69 Å². The SMILES string of the molecule is CC(C)c1ccc(-n2nnc(C(=O)NC3CCCC3)c2N)cc1. The van der Waals surface area contributed by atoms with Gasteiger partial charge in [-0.3, -0.25) is 4.79 Å². The smallest absolute Gasteiger partial charge is 0.275 e. The van der Waals surface area contributed by atoms with Gasteiger partial charge >= 0.3 is 0 Å². The molecule has 0 bridgehead atoms. The number of aromatic nitrogens is 3. The van der Waals surface area contributed by atoms with E-state index in [1.807, 2.05) is 24.3 Å². The summed E-state index contributed by atoms with van der Waals surface area (Å²) in [6.45, 7) is 4.29. The van der Waals surface area contributed by atoms with Crippen LogP contribution >= 0.6 is 0 Å². The molecule has 1 heterocycles. The molecule has 122 valence electrons. The summed E-state index contributed by atoms with van der Waals surface area (Å²) in [6, 6.07) is 8.20. The molecule has 1 aliphatic rings. The molecule has 0 aliphatic heterocycles. The first-order valence-electron chi connectivity index (χ1n) is 8.18. The number of nitrogens with zero attached hydrogens (tertiary/aromatic N) is 3. The lowest BCUT2D eigenvalue weighted by atomic mass is 10.0. The molecule has 23 heavy (non-hydrogen) atoms. The Balaban J connectivity index is 1.79. The summed E-state index contributed by atoms with van der Waals surface area (Å²) >= 11 is 0. The van der Waals surface area contributed by atoms with Gasteiger partial charge in [-0.2, -0.15) is 4.68 Å². The normalized spacial score (nSPS) is 15.3. The number of amides is 1. The summed E-state index contributed by atoms with van der Waals surface area (Å²) < 4.78 is 1.51. The number of hydrogen-bond acceptors (Lipinski definition) is 4. The van der Waals surface area contributed by atoms with Crippen LogP contribution in [0.15, 0.2) is 24.3 Å². The average Bonchev–Trinajstić information content (AvgIpc) is 3.17. The number of nitrogens with one attached hydrogen (secondary N) is 1. The van der Waals surface area contributed by atoms with E-state index < -0.39 is 0 Å². The van der Waals surface area contributed by atoms with Crippen molar-refractivity contribution in [2.75, 3.05) is 5.73 Å². The van der Waals surface area contributed by atoms with Gasteiger partial charge in [-0.05, 0) is 36.5 Å². The molecule has 0 radical (unpaired) electrons. The highest BCUT2D eigenvalue weighted by molar-refractivity contribution is 5.96. The Kier molecular flexibility index (Phi) is 4.32. The second kappa shape index (κ2) is 6.40. The highest BCUT2D eigenvalue weighted by Crippen LogP contribution is 2.21. The van der Waals surface area contributed by atoms with Gasteiger partial charge in [-0.15, -0.1) is 5.10 Å². The van der Waals surface area contributed by atoms with Crippen molar-refractivity contribution < 1.29 is 4.79 Å². The van der Waals surface area contributed by atoms with Gasteiger partial charge < -0.3 is 11.1 Å². The van der Waals surface area contributed by atoms with Crippen molar-refractivity contribution >= 4 is 11.7 Å². The summed E-state index contributed by atoms with van der Waals surface area (Å²) in [5.41, 5.74) is 8.33. The molecule has 0 spiro atoms. The quantitative estimate of drug-likeness (QED) is 0.908. The van der Waals surface area contributed by atoms with Crippen molar-refractivity contribution in [1.29, 1.82) is 0 Å². The number of rotatable bonds is 4. The lowest BCUT2D eigenvalue weighted by Gasteiger charge is -2.10. The van der Waals surface area contributed by atoms with E-state index in [-0.39, 0.29) is 23.5 Å². The highest BCUT2D eigenvalue weighted by Gasteiger charge is 2.23. The lowest BCUT2D eigenvalue weighted by Crippen LogP contribution is -2.33. The predicted molar refractivity (Wildman–Crippen MR) is 89.6 cm³/mol. The fourth-order valence-corrected chi connectivity index (χ4v) is 2.97. The van der Waals surface area contributed by atoms with Crippen LogP contribution in [-0.2, 0) is 0 Å². The minimum absolute atomic E-state index is 0.199. The van der Waals surface area contributed by atoms with Crippen molar-refractivity contribution in [2.24, 2.45) is 0 Å². The zero-order valence-electron chi connectivity index (χ0n) is 13.6. The molecule has 2 aromatic rings. The van der Waals surface area contributed by atoms with E-state index in [4.69, 9.17) is 5.73 Å². The molecule has 1 aromatic carbocycles. The molecule has 3 N–H and O–H groups in total. The number of anilines is 1. The average molecular weight is 313 g/mol. The number of benzene rings is 1. The maximum atomic E-state index is 12.3. The molecule has 3 rings (SSSR count). The molecular formula is C17H23N5O. The number of hydrogen-bond donors (Lipinski definition) is 2. The second-order valence-electron chi connectivity index (χ2n) is 6.44. The predicted octanol–water partition coefficient (Wildman–Crippen LogP) is 2.65. The van der Waals surface area contributed by atoms with E-state index in [1.54, 1.807) is 0 Å². The number of nitrogen functional groups attached to an aromatic ring is 1. The van der Waals surface area contributed by atoms with Crippen LogP contribution < -0.4 is 11.1 Å². The topological polar surface area (TPSA) is 85.8 Å². The Morgan fingerprint density at radius 2 is 1.91 bits per heavy atom. The van der Waals surface area contributed by atoms with Crippen molar-refractivity contribution in [3.05, 3.63) is 35.5 Å². The van der Waals surface area contributed by atoms with Crippen LogP contribution in [0.1, 0.15) is 61.5 Å². The van der Waals surface area contributed by atoms with Gasteiger partial charge in [-0.1, -0.05) is 44.0 Å². The minimum Gasteiger partial charge on any atom is -0.382 e. The number of carbonyl (C=O) groups is 1. The largest absolute Gasteiger partial charge is 0.382 e. The van der Waals surface area contributed by atoms with E-state index in [0.717, 1.165) is 31.4 Å². The third-order valence-corrected chi connectivity index (χ3v) is 4.41. The zero-order valence-corrected chi connectivity index (χ0v) is 13.6. The maximum absolute atomic E-state index is 12.3. The molecule has 6 nitrogen and oxygen atoms in total. The summed E-state index contributed by atoms with van der Waals surface area (Å²) in [7, 11) is 0. The molecule has 1 saturated carbocycles.